The van der Waals surface area contributed by atoms with Crippen LogP contribution in [0.2, 0.25) is 0 Å². The summed E-state index contributed by atoms with van der Waals surface area (Å²) >= 11 is 0. The lowest BCUT2D eigenvalue weighted by Crippen LogP contribution is -2.48. The van der Waals surface area contributed by atoms with E-state index in [0.717, 1.165) is 38.5 Å². The zero-order valence-corrected chi connectivity index (χ0v) is 31.9. The molecular weight excluding hydrogens is 594 g/mol. The van der Waals surface area contributed by atoms with E-state index in [-0.39, 0.29) is 6.61 Å². The van der Waals surface area contributed by atoms with Crippen LogP contribution in [0.1, 0.15) is 206 Å². The predicted octanol–water partition coefficient (Wildman–Crippen LogP) is 11.6. The Kier molecular flexibility index (Phi) is 37.2. The highest BCUT2D eigenvalue weighted by Crippen LogP contribution is 2.14. The van der Waals surface area contributed by atoms with Gasteiger partial charge in [-0.15, -0.1) is 0 Å². The summed E-state index contributed by atoms with van der Waals surface area (Å²) in [4.78, 5) is 12.4. The third kappa shape index (κ3) is 33.1. The molecule has 0 saturated heterocycles. The molecule has 282 valence electrons. The number of aliphatic hydroxyl groups excluding tert-OH is 3. The summed E-state index contributed by atoms with van der Waals surface area (Å²) in [6.07, 6.45) is 47.6. The maximum absolute atomic E-state index is 12.4. The van der Waals surface area contributed by atoms with E-state index in [1.54, 1.807) is 6.08 Å². The van der Waals surface area contributed by atoms with Crippen molar-refractivity contribution in [3.63, 3.8) is 0 Å². The molecule has 0 rings (SSSR count). The molecule has 0 aliphatic rings. The molecular formula is C43H81NO4. The van der Waals surface area contributed by atoms with E-state index in [1.165, 1.54) is 148 Å². The predicted molar refractivity (Wildman–Crippen MR) is 208 cm³/mol. The van der Waals surface area contributed by atoms with E-state index >= 15 is 0 Å². The van der Waals surface area contributed by atoms with E-state index in [1.807, 2.05) is 6.08 Å². The average Bonchev–Trinajstić information content (AvgIpc) is 3.09. The van der Waals surface area contributed by atoms with E-state index in [2.05, 4.69) is 43.5 Å². The van der Waals surface area contributed by atoms with Gasteiger partial charge in [-0.1, -0.05) is 185 Å². The van der Waals surface area contributed by atoms with Crippen molar-refractivity contribution in [2.45, 2.75) is 225 Å². The first-order chi connectivity index (χ1) is 23.6. The second-order valence-corrected chi connectivity index (χ2v) is 14.2. The molecule has 0 bridgehead atoms. The smallest absolute Gasteiger partial charge is 0.249 e. The third-order valence-corrected chi connectivity index (χ3v) is 9.45. The molecule has 0 saturated carbocycles. The summed E-state index contributed by atoms with van der Waals surface area (Å²) in [5.41, 5.74) is 0. The van der Waals surface area contributed by atoms with Gasteiger partial charge in [-0.25, -0.2) is 0 Å². The first-order valence-corrected chi connectivity index (χ1v) is 20.8. The van der Waals surface area contributed by atoms with Crippen molar-refractivity contribution < 1.29 is 20.1 Å². The molecule has 3 unspecified atom stereocenters. The third-order valence-electron chi connectivity index (χ3n) is 9.45. The highest BCUT2D eigenvalue weighted by molar-refractivity contribution is 5.80. The van der Waals surface area contributed by atoms with E-state index in [4.69, 9.17) is 0 Å². The van der Waals surface area contributed by atoms with Crippen LogP contribution in [-0.4, -0.2) is 46.1 Å². The number of rotatable bonds is 37. The lowest BCUT2D eigenvalue weighted by molar-refractivity contribution is -0.131. The Hall–Kier alpha value is -1.43. The largest absolute Gasteiger partial charge is 0.394 e. The Morgan fingerprint density at radius 2 is 0.854 bits per heavy atom. The lowest BCUT2D eigenvalue weighted by Gasteiger charge is -2.21. The van der Waals surface area contributed by atoms with Crippen molar-refractivity contribution in [2.75, 3.05) is 6.61 Å². The first-order valence-electron chi connectivity index (χ1n) is 20.8. The Balaban J connectivity index is 3.64. The minimum Gasteiger partial charge on any atom is -0.394 e. The standard InChI is InChI=1S/C43H81NO4/c1-3-5-7-9-11-13-15-16-17-18-19-20-21-22-23-24-25-26-27-28-30-32-34-36-38-42(47)43(48)44-40(39-45)41(46)37-35-33-31-29-14-12-10-8-6-4-2/h14,22-23,29,35,37,40-42,45-47H,3-13,15-21,24-28,30-34,36,38-39H2,1-2H3,(H,44,48)/b23-22-,29-14+,37-35+. The molecule has 0 aromatic rings. The van der Waals surface area contributed by atoms with Gasteiger partial charge in [-0.05, 0) is 57.8 Å². The fraction of sp³-hybridized carbons (Fsp3) is 0.837. The van der Waals surface area contributed by atoms with Crippen LogP contribution in [0.15, 0.2) is 36.5 Å². The Bertz CT molecular complexity index is 749. The van der Waals surface area contributed by atoms with Crippen LogP contribution in [-0.2, 0) is 4.79 Å². The van der Waals surface area contributed by atoms with Gasteiger partial charge in [0.05, 0.1) is 18.8 Å². The van der Waals surface area contributed by atoms with Gasteiger partial charge in [0.1, 0.15) is 6.10 Å². The summed E-state index contributed by atoms with van der Waals surface area (Å²) in [7, 11) is 0. The summed E-state index contributed by atoms with van der Waals surface area (Å²) in [5, 5.41) is 32.9. The van der Waals surface area contributed by atoms with Gasteiger partial charge in [-0.2, -0.15) is 0 Å². The van der Waals surface area contributed by atoms with Gasteiger partial charge in [0.15, 0.2) is 0 Å². The lowest BCUT2D eigenvalue weighted by atomic mass is 10.0. The monoisotopic (exact) mass is 676 g/mol. The number of aliphatic hydroxyl groups is 3. The molecule has 4 N–H and O–H groups in total. The number of carbonyl (C=O) groups is 1. The van der Waals surface area contributed by atoms with Crippen molar-refractivity contribution in [1.82, 2.24) is 5.32 Å². The van der Waals surface area contributed by atoms with Crippen molar-refractivity contribution in [1.29, 1.82) is 0 Å². The average molecular weight is 676 g/mol. The molecule has 0 aromatic heterocycles. The van der Waals surface area contributed by atoms with Crippen LogP contribution >= 0.6 is 0 Å². The second kappa shape index (κ2) is 38.4. The first kappa shape index (κ1) is 46.6. The second-order valence-electron chi connectivity index (χ2n) is 14.2. The van der Waals surface area contributed by atoms with Crippen molar-refractivity contribution in [3.05, 3.63) is 36.5 Å². The number of nitrogens with one attached hydrogen (secondary N) is 1. The zero-order chi connectivity index (χ0) is 35.2. The molecule has 5 nitrogen and oxygen atoms in total. The summed E-state index contributed by atoms with van der Waals surface area (Å²) in [5.74, 6) is -0.518. The van der Waals surface area contributed by atoms with Crippen molar-refractivity contribution in [2.24, 2.45) is 0 Å². The van der Waals surface area contributed by atoms with Crippen LogP contribution in [0.5, 0.6) is 0 Å². The van der Waals surface area contributed by atoms with Gasteiger partial charge >= 0.3 is 0 Å². The zero-order valence-electron chi connectivity index (χ0n) is 31.9. The van der Waals surface area contributed by atoms with Crippen LogP contribution in [0.3, 0.4) is 0 Å². The molecule has 5 heteroatoms. The van der Waals surface area contributed by atoms with Gasteiger partial charge in [-0.3, -0.25) is 4.79 Å². The Morgan fingerprint density at radius 3 is 1.29 bits per heavy atom. The van der Waals surface area contributed by atoms with Crippen LogP contribution < -0.4 is 5.32 Å². The van der Waals surface area contributed by atoms with Crippen LogP contribution in [0, 0.1) is 0 Å². The molecule has 0 aromatic carbocycles. The maximum Gasteiger partial charge on any atom is 0.249 e. The van der Waals surface area contributed by atoms with E-state index in [9.17, 15) is 20.1 Å². The Morgan fingerprint density at radius 1 is 0.500 bits per heavy atom. The van der Waals surface area contributed by atoms with Gasteiger partial charge in [0, 0.05) is 0 Å². The number of hydrogen-bond donors (Lipinski definition) is 4. The highest BCUT2D eigenvalue weighted by Gasteiger charge is 2.22. The van der Waals surface area contributed by atoms with E-state index in [0.29, 0.717) is 6.42 Å². The quantitative estimate of drug-likeness (QED) is 0.0390. The number of hydrogen-bond acceptors (Lipinski definition) is 4. The number of carbonyl (C=O) groups excluding carboxylic acids is 1. The van der Waals surface area contributed by atoms with Crippen LogP contribution in [0.25, 0.3) is 0 Å². The maximum atomic E-state index is 12.4. The number of unbranched alkanes of at least 4 members (excludes halogenated alkanes) is 25. The van der Waals surface area contributed by atoms with Gasteiger partial charge in [0.25, 0.3) is 0 Å². The number of amides is 1. The molecule has 48 heavy (non-hydrogen) atoms. The van der Waals surface area contributed by atoms with Crippen LogP contribution in [0.4, 0.5) is 0 Å². The van der Waals surface area contributed by atoms with Gasteiger partial charge in [0.2, 0.25) is 5.91 Å². The summed E-state index contributed by atoms with van der Waals surface area (Å²) in [6.45, 7) is 4.13. The molecule has 0 fully saturated rings. The minimum atomic E-state index is -1.11. The minimum absolute atomic E-state index is 0.378. The van der Waals surface area contributed by atoms with E-state index < -0.39 is 24.2 Å². The highest BCUT2D eigenvalue weighted by atomic mass is 16.3. The summed E-state index contributed by atoms with van der Waals surface area (Å²) < 4.78 is 0. The molecule has 3 atom stereocenters. The topological polar surface area (TPSA) is 89.8 Å². The number of allylic oxidation sites excluding steroid dienone is 5. The van der Waals surface area contributed by atoms with Crippen molar-refractivity contribution in [3.8, 4) is 0 Å². The van der Waals surface area contributed by atoms with Gasteiger partial charge < -0.3 is 20.6 Å². The SMILES string of the molecule is CCCCCC/C=C/CC/C=C/C(O)C(CO)NC(=O)C(O)CCCCCCCCCC/C=C\CCCCCCCCCCCCCC. The van der Waals surface area contributed by atoms with Crippen molar-refractivity contribution >= 4 is 5.91 Å². The Labute approximate surface area is 298 Å². The molecule has 1 amide bonds. The normalized spacial score (nSPS) is 14.0. The molecule has 0 heterocycles. The fourth-order valence-corrected chi connectivity index (χ4v) is 6.14. The fourth-order valence-electron chi connectivity index (χ4n) is 6.14. The molecule has 0 spiro atoms. The summed E-state index contributed by atoms with van der Waals surface area (Å²) in [6, 6.07) is -0.813. The molecule has 0 aliphatic carbocycles. The molecule has 0 radical (unpaired) electrons. The molecule has 0 aliphatic heterocycles.